The summed E-state index contributed by atoms with van der Waals surface area (Å²) in [5.41, 5.74) is 0. The molecule has 0 bridgehead atoms. The monoisotopic (exact) mass is 153 g/mol. The van der Waals surface area contributed by atoms with Gasteiger partial charge in [-0.3, -0.25) is 0 Å². The number of rotatable bonds is 0. The normalized spacial score (nSPS) is 19.4. The number of amides is 1. The van der Waals surface area contributed by atoms with Crippen molar-refractivity contribution in [2.24, 2.45) is 5.92 Å². The molecule has 0 aromatic rings. The van der Waals surface area contributed by atoms with Crippen molar-refractivity contribution in [2.45, 2.75) is 12.8 Å². The van der Waals surface area contributed by atoms with Crippen molar-refractivity contribution in [3.8, 4) is 12.3 Å². The maximum Gasteiger partial charge on any atom is 0.407 e. The molecule has 1 aliphatic rings. The number of hydrogen-bond donors (Lipinski definition) is 1. The van der Waals surface area contributed by atoms with E-state index >= 15 is 0 Å². The second-order valence-electron chi connectivity index (χ2n) is 2.71. The van der Waals surface area contributed by atoms with Crippen molar-refractivity contribution in [1.29, 1.82) is 0 Å². The van der Waals surface area contributed by atoms with Gasteiger partial charge in [-0.25, -0.2) is 4.79 Å². The minimum absolute atomic E-state index is 0.283. The summed E-state index contributed by atoms with van der Waals surface area (Å²) in [6.07, 6.45) is 5.99. The summed E-state index contributed by atoms with van der Waals surface area (Å²) < 4.78 is 0. The molecule has 0 aromatic carbocycles. The molecule has 11 heavy (non-hydrogen) atoms. The first-order valence-electron chi connectivity index (χ1n) is 3.68. The van der Waals surface area contributed by atoms with Crippen LogP contribution in [-0.4, -0.2) is 29.2 Å². The van der Waals surface area contributed by atoms with E-state index in [1.165, 1.54) is 4.90 Å². The average molecular weight is 153 g/mol. The van der Waals surface area contributed by atoms with Gasteiger partial charge >= 0.3 is 6.09 Å². The fourth-order valence-electron chi connectivity index (χ4n) is 1.24. The second kappa shape index (κ2) is 3.29. The summed E-state index contributed by atoms with van der Waals surface area (Å²) in [5.74, 6) is 2.93. The lowest BCUT2D eigenvalue weighted by Crippen LogP contribution is -2.37. The zero-order valence-corrected chi connectivity index (χ0v) is 6.29. The summed E-state index contributed by atoms with van der Waals surface area (Å²) in [7, 11) is 0. The third-order valence-electron chi connectivity index (χ3n) is 2.00. The van der Waals surface area contributed by atoms with Gasteiger partial charge in [-0.05, 0) is 12.8 Å². The van der Waals surface area contributed by atoms with Crippen LogP contribution < -0.4 is 0 Å². The maximum absolute atomic E-state index is 10.4. The van der Waals surface area contributed by atoms with Crippen molar-refractivity contribution in [3.05, 3.63) is 0 Å². The smallest absolute Gasteiger partial charge is 0.407 e. The highest BCUT2D eigenvalue weighted by molar-refractivity contribution is 5.65. The average Bonchev–Trinajstić information content (AvgIpc) is 2.05. The fraction of sp³-hybridized carbons (Fsp3) is 0.625. The zero-order chi connectivity index (χ0) is 8.27. The van der Waals surface area contributed by atoms with E-state index in [-0.39, 0.29) is 5.92 Å². The zero-order valence-electron chi connectivity index (χ0n) is 6.29. The van der Waals surface area contributed by atoms with Crippen LogP contribution in [0.25, 0.3) is 0 Å². The van der Waals surface area contributed by atoms with Gasteiger partial charge < -0.3 is 10.0 Å². The summed E-state index contributed by atoms with van der Waals surface area (Å²) in [6, 6.07) is 0. The van der Waals surface area contributed by atoms with Gasteiger partial charge in [0.15, 0.2) is 0 Å². The topological polar surface area (TPSA) is 40.5 Å². The van der Waals surface area contributed by atoms with Gasteiger partial charge in [0.05, 0.1) is 0 Å². The van der Waals surface area contributed by atoms with Crippen LogP contribution in [0.2, 0.25) is 0 Å². The molecule has 0 saturated carbocycles. The molecule has 1 fully saturated rings. The van der Waals surface area contributed by atoms with E-state index in [1.807, 2.05) is 0 Å². The third-order valence-corrected chi connectivity index (χ3v) is 2.00. The van der Waals surface area contributed by atoms with Crippen molar-refractivity contribution in [3.63, 3.8) is 0 Å². The van der Waals surface area contributed by atoms with E-state index < -0.39 is 6.09 Å². The highest BCUT2D eigenvalue weighted by Gasteiger charge is 2.20. The number of piperidine rings is 1. The molecule has 0 radical (unpaired) electrons. The lowest BCUT2D eigenvalue weighted by atomic mass is 9.98. The molecule has 1 N–H and O–H groups in total. The summed E-state index contributed by atoms with van der Waals surface area (Å²) in [5, 5.41) is 8.57. The Hall–Kier alpha value is -1.17. The van der Waals surface area contributed by atoms with Crippen LogP contribution in [0, 0.1) is 18.3 Å². The molecule has 1 saturated heterocycles. The number of terminal acetylenes is 1. The van der Waals surface area contributed by atoms with Crippen molar-refractivity contribution in [2.75, 3.05) is 13.1 Å². The van der Waals surface area contributed by atoms with Gasteiger partial charge in [0.1, 0.15) is 0 Å². The predicted molar refractivity (Wildman–Crippen MR) is 41.2 cm³/mol. The summed E-state index contributed by atoms with van der Waals surface area (Å²) in [6.45, 7) is 1.17. The summed E-state index contributed by atoms with van der Waals surface area (Å²) >= 11 is 0. The number of nitrogens with zero attached hydrogens (tertiary/aromatic N) is 1. The SMILES string of the molecule is C#CC1CCN(C(=O)O)CC1. The van der Waals surface area contributed by atoms with Gasteiger partial charge in [0.2, 0.25) is 0 Å². The van der Waals surface area contributed by atoms with Crippen molar-refractivity contribution in [1.82, 2.24) is 4.90 Å². The first-order chi connectivity index (χ1) is 5.24. The Balaban J connectivity index is 2.37. The highest BCUT2D eigenvalue weighted by Crippen LogP contribution is 2.15. The molecule has 0 aromatic heterocycles. The molecule has 3 nitrogen and oxygen atoms in total. The minimum atomic E-state index is -0.833. The third kappa shape index (κ3) is 1.87. The Bertz CT molecular complexity index is 187. The molecule has 0 unspecified atom stereocenters. The number of carbonyl (C=O) groups is 1. The molecule has 60 valence electrons. The first-order valence-corrected chi connectivity index (χ1v) is 3.68. The second-order valence-corrected chi connectivity index (χ2v) is 2.71. The Kier molecular flexibility index (Phi) is 2.37. The van der Waals surface area contributed by atoms with Crippen molar-refractivity contribution < 1.29 is 9.90 Å². The highest BCUT2D eigenvalue weighted by atomic mass is 16.4. The van der Waals surface area contributed by atoms with Crippen molar-refractivity contribution >= 4 is 6.09 Å². The molecule has 0 spiro atoms. The van der Waals surface area contributed by atoms with Gasteiger partial charge in [-0.2, -0.15) is 0 Å². The molecular weight excluding hydrogens is 142 g/mol. The van der Waals surface area contributed by atoms with E-state index in [9.17, 15) is 4.79 Å². The Morgan fingerprint density at radius 1 is 1.55 bits per heavy atom. The molecule has 1 heterocycles. The van der Waals surface area contributed by atoms with E-state index in [0.29, 0.717) is 13.1 Å². The standard InChI is InChI=1S/C8H11NO2/c1-2-7-3-5-9(6-4-7)8(10)11/h1,7H,3-6H2,(H,10,11). The van der Waals surface area contributed by atoms with Gasteiger partial charge in [-0.15, -0.1) is 12.3 Å². The molecule has 1 aliphatic heterocycles. The van der Waals surface area contributed by atoms with Gasteiger partial charge in [0, 0.05) is 19.0 Å². The van der Waals surface area contributed by atoms with Crippen LogP contribution in [0.3, 0.4) is 0 Å². The van der Waals surface area contributed by atoms with Crippen LogP contribution in [0.5, 0.6) is 0 Å². The van der Waals surface area contributed by atoms with Crippen LogP contribution in [0.1, 0.15) is 12.8 Å². The summed E-state index contributed by atoms with van der Waals surface area (Å²) in [4.78, 5) is 11.8. The van der Waals surface area contributed by atoms with Crippen LogP contribution in [-0.2, 0) is 0 Å². The van der Waals surface area contributed by atoms with Crippen LogP contribution in [0.15, 0.2) is 0 Å². The van der Waals surface area contributed by atoms with Gasteiger partial charge in [-0.1, -0.05) is 0 Å². The number of likely N-dealkylation sites (tertiary alicyclic amines) is 1. The first kappa shape index (κ1) is 7.93. The maximum atomic E-state index is 10.4. The quantitative estimate of drug-likeness (QED) is 0.527. The molecule has 1 rings (SSSR count). The number of carboxylic acid groups (broad SMARTS) is 1. The Morgan fingerprint density at radius 3 is 2.45 bits per heavy atom. The largest absolute Gasteiger partial charge is 0.465 e. The van der Waals surface area contributed by atoms with E-state index in [1.54, 1.807) is 0 Å². The molecule has 0 aliphatic carbocycles. The minimum Gasteiger partial charge on any atom is -0.465 e. The van der Waals surface area contributed by atoms with E-state index in [4.69, 9.17) is 11.5 Å². The van der Waals surface area contributed by atoms with Crippen LogP contribution in [0.4, 0.5) is 4.79 Å². The van der Waals surface area contributed by atoms with Crippen LogP contribution >= 0.6 is 0 Å². The Morgan fingerprint density at radius 2 is 2.09 bits per heavy atom. The van der Waals surface area contributed by atoms with E-state index in [0.717, 1.165) is 12.8 Å². The fourth-order valence-corrected chi connectivity index (χ4v) is 1.24. The predicted octanol–water partition coefficient (Wildman–Crippen LogP) is 1.01. The number of hydrogen-bond acceptors (Lipinski definition) is 1. The molecular formula is C8H11NO2. The van der Waals surface area contributed by atoms with Gasteiger partial charge in [0.25, 0.3) is 0 Å². The molecule has 0 atom stereocenters. The lowest BCUT2D eigenvalue weighted by Gasteiger charge is -2.26. The molecule has 1 amide bonds. The van der Waals surface area contributed by atoms with E-state index in [2.05, 4.69) is 5.92 Å². The lowest BCUT2D eigenvalue weighted by molar-refractivity contribution is 0.130. The Labute approximate surface area is 66.0 Å². The molecule has 3 heteroatoms.